The normalized spacial score (nSPS) is 11.9. The molecule has 0 fully saturated rings. The predicted molar refractivity (Wildman–Crippen MR) is 57.6 cm³/mol. The lowest BCUT2D eigenvalue weighted by molar-refractivity contribution is 0.0752. The fourth-order valence-electron chi connectivity index (χ4n) is 1.34. The molecule has 0 atom stereocenters. The van der Waals surface area contributed by atoms with Crippen LogP contribution in [0.3, 0.4) is 0 Å². The van der Waals surface area contributed by atoms with E-state index >= 15 is 0 Å². The van der Waals surface area contributed by atoms with Crippen molar-refractivity contribution in [1.29, 1.82) is 0 Å². The summed E-state index contributed by atoms with van der Waals surface area (Å²) in [4.78, 5) is 12.0. The van der Waals surface area contributed by atoms with Gasteiger partial charge in [-0.15, -0.1) is 5.10 Å². The summed E-state index contributed by atoms with van der Waals surface area (Å²) in [6, 6.07) is 7.44. The maximum atomic E-state index is 12.0. The first-order valence-electron chi connectivity index (χ1n) is 4.85. The molecule has 0 N–H and O–H groups in total. The van der Waals surface area contributed by atoms with Gasteiger partial charge in [0, 0.05) is 5.41 Å². The first kappa shape index (κ1) is 9.83. The number of rotatable bonds is 0. The van der Waals surface area contributed by atoms with Crippen LogP contribution in [0.15, 0.2) is 24.3 Å². The lowest BCUT2D eigenvalue weighted by Crippen LogP contribution is -2.27. The van der Waals surface area contributed by atoms with Crippen LogP contribution in [0.4, 0.5) is 0 Å². The van der Waals surface area contributed by atoms with Crippen LogP contribution in [0.5, 0.6) is 0 Å². The highest BCUT2D eigenvalue weighted by molar-refractivity contribution is 5.91. The second-order valence-electron chi connectivity index (χ2n) is 4.55. The third-order valence-electron chi connectivity index (χ3n) is 2.19. The highest BCUT2D eigenvalue weighted by atomic mass is 16.2. The van der Waals surface area contributed by atoms with E-state index in [-0.39, 0.29) is 5.91 Å². The topological polar surface area (TPSA) is 47.8 Å². The van der Waals surface area contributed by atoms with Gasteiger partial charge in [-0.05, 0) is 12.1 Å². The Hall–Kier alpha value is -1.71. The number of carbonyl (C=O) groups is 1. The van der Waals surface area contributed by atoms with Gasteiger partial charge in [-0.25, -0.2) is 0 Å². The van der Waals surface area contributed by atoms with Crippen molar-refractivity contribution in [2.45, 2.75) is 20.8 Å². The van der Waals surface area contributed by atoms with Crippen molar-refractivity contribution in [3.8, 4) is 0 Å². The summed E-state index contributed by atoms with van der Waals surface area (Å²) in [6.45, 7) is 5.60. The van der Waals surface area contributed by atoms with Crippen molar-refractivity contribution in [2.75, 3.05) is 0 Å². The first-order chi connectivity index (χ1) is 7.00. The molecule has 4 nitrogen and oxygen atoms in total. The van der Waals surface area contributed by atoms with E-state index in [2.05, 4.69) is 10.3 Å². The van der Waals surface area contributed by atoms with E-state index < -0.39 is 5.41 Å². The van der Waals surface area contributed by atoms with Crippen molar-refractivity contribution in [3.05, 3.63) is 24.3 Å². The molecule has 1 aromatic heterocycles. The molecular weight excluding hydrogens is 190 g/mol. The van der Waals surface area contributed by atoms with E-state index in [1.807, 2.05) is 45.0 Å². The molecule has 0 aliphatic carbocycles. The molecule has 0 amide bonds. The SMILES string of the molecule is CC(C)(C)C(=O)n1nnc2ccccc21. The fraction of sp³-hybridized carbons (Fsp3) is 0.364. The molecule has 0 radical (unpaired) electrons. The van der Waals surface area contributed by atoms with Gasteiger partial charge in [0.1, 0.15) is 5.52 Å². The lowest BCUT2D eigenvalue weighted by atomic mass is 9.96. The Kier molecular flexibility index (Phi) is 2.07. The van der Waals surface area contributed by atoms with Gasteiger partial charge in [-0.2, -0.15) is 4.68 Å². The molecule has 15 heavy (non-hydrogen) atoms. The first-order valence-corrected chi connectivity index (χ1v) is 4.85. The van der Waals surface area contributed by atoms with Crippen LogP contribution >= 0.6 is 0 Å². The van der Waals surface area contributed by atoms with Crippen molar-refractivity contribution in [2.24, 2.45) is 5.41 Å². The minimum absolute atomic E-state index is 0.0452. The van der Waals surface area contributed by atoms with Gasteiger partial charge in [0.25, 0.3) is 5.91 Å². The molecule has 1 aromatic carbocycles. The molecule has 2 rings (SSSR count). The highest BCUT2D eigenvalue weighted by Crippen LogP contribution is 2.19. The Bertz CT molecular complexity index is 508. The van der Waals surface area contributed by atoms with Gasteiger partial charge < -0.3 is 0 Å². The largest absolute Gasteiger partial charge is 0.272 e. The molecule has 78 valence electrons. The summed E-state index contributed by atoms with van der Waals surface area (Å²) < 4.78 is 1.37. The van der Waals surface area contributed by atoms with Crippen LogP contribution in [0, 0.1) is 5.41 Å². The molecular formula is C11H13N3O. The van der Waals surface area contributed by atoms with E-state index in [1.54, 1.807) is 0 Å². The molecule has 1 heterocycles. The maximum Gasteiger partial charge on any atom is 0.254 e. The molecule has 0 spiro atoms. The molecule has 0 saturated carbocycles. The fourth-order valence-corrected chi connectivity index (χ4v) is 1.34. The smallest absolute Gasteiger partial charge is 0.254 e. The summed E-state index contributed by atoms with van der Waals surface area (Å²) in [5.41, 5.74) is 1.06. The third-order valence-corrected chi connectivity index (χ3v) is 2.19. The Labute approximate surface area is 87.9 Å². The van der Waals surface area contributed by atoms with Crippen molar-refractivity contribution < 1.29 is 4.79 Å². The zero-order valence-electron chi connectivity index (χ0n) is 9.06. The predicted octanol–water partition coefficient (Wildman–Crippen LogP) is 2.12. The molecule has 0 aliphatic heterocycles. The van der Waals surface area contributed by atoms with Crippen LogP contribution in [0.2, 0.25) is 0 Å². The van der Waals surface area contributed by atoms with E-state index in [0.717, 1.165) is 11.0 Å². The summed E-state index contributed by atoms with van der Waals surface area (Å²) in [5, 5.41) is 7.82. The highest BCUT2D eigenvalue weighted by Gasteiger charge is 2.25. The van der Waals surface area contributed by atoms with Crippen LogP contribution in [0.1, 0.15) is 25.6 Å². The van der Waals surface area contributed by atoms with Gasteiger partial charge in [0.05, 0.1) is 5.52 Å². The Morgan fingerprint density at radius 2 is 1.93 bits per heavy atom. The Morgan fingerprint density at radius 3 is 2.60 bits per heavy atom. The summed E-state index contributed by atoms with van der Waals surface area (Å²) in [6.07, 6.45) is 0. The summed E-state index contributed by atoms with van der Waals surface area (Å²) >= 11 is 0. The number of nitrogens with zero attached hydrogens (tertiary/aromatic N) is 3. The molecule has 2 aromatic rings. The Balaban J connectivity index is 2.58. The molecule has 4 heteroatoms. The summed E-state index contributed by atoms with van der Waals surface area (Å²) in [5.74, 6) is -0.0452. The number of fused-ring (bicyclic) bond motifs is 1. The number of para-hydroxylation sites is 1. The molecule has 0 unspecified atom stereocenters. The van der Waals surface area contributed by atoms with Gasteiger partial charge in [0.2, 0.25) is 0 Å². The standard InChI is InChI=1S/C11H13N3O/c1-11(2,3)10(15)14-9-7-5-4-6-8(9)12-13-14/h4-7H,1-3H3. The quantitative estimate of drug-likeness (QED) is 0.658. The average molecular weight is 203 g/mol. The number of hydrogen-bond acceptors (Lipinski definition) is 3. The minimum atomic E-state index is -0.448. The Morgan fingerprint density at radius 1 is 1.27 bits per heavy atom. The van der Waals surface area contributed by atoms with Crippen LogP contribution in [0.25, 0.3) is 11.0 Å². The van der Waals surface area contributed by atoms with Crippen LogP contribution in [-0.2, 0) is 0 Å². The van der Waals surface area contributed by atoms with Crippen molar-refractivity contribution in [1.82, 2.24) is 15.0 Å². The third kappa shape index (κ3) is 1.63. The van der Waals surface area contributed by atoms with Crippen molar-refractivity contribution >= 4 is 16.9 Å². The minimum Gasteiger partial charge on any atom is -0.272 e. The second kappa shape index (κ2) is 3.15. The van der Waals surface area contributed by atoms with Gasteiger partial charge in [0.15, 0.2) is 0 Å². The number of aromatic nitrogens is 3. The number of carbonyl (C=O) groups excluding carboxylic acids is 1. The number of hydrogen-bond donors (Lipinski definition) is 0. The van der Waals surface area contributed by atoms with Gasteiger partial charge in [-0.3, -0.25) is 4.79 Å². The zero-order chi connectivity index (χ0) is 11.1. The maximum absolute atomic E-state index is 12.0. The summed E-state index contributed by atoms with van der Waals surface area (Å²) in [7, 11) is 0. The molecule has 0 aliphatic rings. The number of benzene rings is 1. The van der Waals surface area contributed by atoms with Gasteiger partial charge in [-0.1, -0.05) is 38.1 Å². The van der Waals surface area contributed by atoms with Crippen molar-refractivity contribution in [3.63, 3.8) is 0 Å². The zero-order valence-corrected chi connectivity index (χ0v) is 9.06. The lowest BCUT2D eigenvalue weighted by Gasteiger charge is -2.15. The average Bonchev–Trinajstić information content (AvgIpc) is 2.58. The molecule has 0 saturated heterocycles. The van der Waals surface area contributed by atoms with E-state index in [1.165, 1.54) is 4.68 Å². The van der Waals surface area contributed by atoms with Crippen LogP contribution < -0.4 is 0 Å². The van der Waals surface area contributed by atoms with Crippen LogP contribution in [-0.4, -0.2) is 20.9 Å². The van der Waals surface area contributed by atoms with Gasteiger partial charge >= 0.3 is 0 Å². The van der Waals surface area contributed by atoms with E-state index in [9.17, 15) is 4.79 Å². The van der Waals surface area contributed by atoms with E-state index in [0.29, 0.717) is 0 Å². The van der Waals surface area contributed by atoms with E-state index in [4.69, 9.17) is 0 Å². The molecule has 0 bridgehead atoms. The second-order valence-corrected chi connectivity index (χ2v) is 4.55. The monoisotopic (exact) mass is 203 g/mol.